The molecule has 0 radical (unpaired) electrons. The number of amides is 2. The van der Waals surface area contributed by atoms with Crippen LogP contribution in [0.4, 0.5) is 13.2 Å². The highest BCUT2D eigenvalue weighted by Crippen LogP contribution is 2.25. The number of nitrogens with one attached hydrogen (secondary N) is 1. The molecule has 0 aromatic rings. The van der Waals surface area contributed by atoms with Crippen molar-refractivity contribution in [2.24, 2.45) is 0 Å². The molecule has 138 valence electrons. The van der Waals surface area contributed by atoms with Crippen molar-refractivity contribution in [2.45, 2.75) is 57.7 Å². The van der Waals surface area contributed by atoms with Crippen molar-refractivity contribution in [1.82, 2.24) is 10.2 Å². The Balaban J connectivity index is 2.32. The van der Waals surface area contributed by atoms with Gasteiger partial charge in [0.1, 0.15) is 6.04 Å². The van der Waals surface area contributed by atoms with Crippen molar-refractivity contribution in [1.29, 1.82) is 0 Å². The molecule has 1 saturated heterocycles. The van der Waals surface area contributed by atoms with Gasteiger partial charge in [0.2, 0.25) is 5.91 Å². The molecule has 1 N–H and O–H groups in total. The third kappa shape index (κ3) is 6.37. The quantitative estimate of drug-likeness (QED) is 0.534. The molecule has 0 aromatic heterocycles. The van der Waals surface area contributed by atoms with Gasteiger partial charge >= 0.3 is 18.1 Å². The lowest BCUT2D eigenvalue weighted by atomic mass is 10.2. The number of unbranched alkanes of at least 4 members (excludes halogenated alkanes) is 1. The zero-order chi connectivity index (χ0) is 18.2. The van der Waals surface area contributed by atoms with Gasteiger partial charge in [-0.1, -0.05) is 13.3 Å². The molecule has 1 fully saturated rings. The van der Waals surface area contributed by atoms with Crippen LogP contribution in [0.1, 0.15) is 45.4 Å². The van der Waals surface area contributed by atoms with E-state index in [1.165, 1.54) is 0 Å². The van der Waals surface area contributed by atoms with Crippen LogP contribution in [0.2, 0.25) is 0 Å². The van der Waals surface area contributed by atoms with Gasteiger partial charge < -0.3 is 15.0 Å². The van der Waals surface area contributed by atoms with Gasteiger partial charge in [-0.2, -0.15) is 13.2 Å². The largest absolute Gasteiger partial charge is 0.471 e. The summed E-state index contributed by atoms with van der Waals surface area (Å²) in [5, 5.41) is 2.48. The number of alkyl halides is 3. The summed E-state index contributed by atoms with van der Waals surface area (Å²) in [6.45, 7) is 2.39. The fourth-order valence-corrected chi connectivity index (χ4v) is 2.41. The molecule has 1 aliphatic rings. The molecule has 24 heavy (non-hydrogen) atoms. The zero-order valence-corrected chi connectivity index (χ0v) is 13.7. The van der Waals surface area contributed by atoms with E-state index in [1.54, 1.807) is 0 Å². The molecule has 1 heterocycles. The number of nitrogens with zero attached hydrogens (tertiary/aromatic N) is 1. The van der Waals surface area contributed by atoms with Gasteiger partial charge in [-0.3, -0.25) is 14.4 Å². The van der Waals surface area contributed by atoms with Crippen LogP contribution in [0, 0.1) is 0 Å². The average Bonchev–Trinajstić information content (AvgIpc) is 2.99. The van der Waals surface area contributed by atoms with Crippen molar-refractivity contribution >= 4 is 17.8 Å². The second kappa shape index (κ2) is 9.48. The van der Waals surface area contributed by atoms with Crippen molar-refractivity contribution in [3.8, 4) is 0 Å². The molecule has 6 nitrogen and oxygen atoms in total. The highest BCUT2D eigenvalue weighted by molar-refractivity contribution is 5.90. The Morgan fingerprint density at radius 3 is 2.58 bits per heavy atom. The van der Waals surface area contributed by atoms with E-state index in [0.717, 1.165) is 12.8 Å². The monoisotopic (exact) mass is 352 g/mol. The number of hydrogen-bond donors (Lipinski definition) is 1. The molecule has 1 aliphatic heterocycles. The summed E-state index contributed by atoms with van der Waals surface area (Å²) < 4.78 is 42.4. The second-order valence-electron chi connectivity index (χ2n) is 5.62. The van der Waals surface area contributed by atoms with E-state index in [4.69, 9.17) is 4.74 Å². The normalized spacial score (nSPS) is 17.7. The fraction of sp³-hybridized carbons (Fsp3) is 0.800. The number of hydrogen-bond acceptors (Lipinski definition) is 4. The summed E-state index contributed by atoms with van der Waals surface area (Å²) in [4.78, 5) is 35.2. The average molecular weight is 352 g/mol. The maximum Gasteiger partial charge on any atom is 0.471 e. The van der Waals surface area contributed by atoms with E-state index in [0.29, 0.717) is 24.3 Å². The highest BCUT2D eigenvalue weighted by Gasteiger charge is 2.47. The Bertz CT molecular complexity index is 454. The summed E-state index contributed by atoms with van der Waals surface area (Å²) in [5.74, 6) is -2.98. The highest BCUT2D eigenvalue weighted by atomic mass is 19.4. The van der Waals surface area contributed by atoms with E-state index in [-0.39, 0.29) is 31.9 Å². The second-order valence-corrected chi connectivity index (χ2v) is 5.62. The maximum atomic E-state index is 12.5. The third-order valence-corrected chi connectivity index (χ3v) is 3.68. The summed E-state index contributed by atoms with van der Waals surface area (Å²) >= 11 is 0. The molecule has 0 aliphatic carbocycles. The van der Waals surface area contributed by atoms with Crippen LogP contribution in [0.25, 0.3) is 0 Å². The Morgan fingerprint density at radius 1 is 1.25 bits per heavy atom. The first-order valence-electron chi connectivity index (χ1n) is 8.08. The molecule has 0 saturated carbocycles. The number of esters is 1. The van der Waals surface area contributed by atoms with Crippen LogP contribution in [0.5, 0.6) is 0 Å². The van der Waals surface area contributed by atoms with Gasteiger partial charge in [0.15, 0.2) is 0 Å². The first-order valence-corrected chi connectivity index (χ1v) is 8.08. The number of ether oxygens (including phenoxy) is 1. The zero-order valence-electron chi connectivity index (χ0n) is 13.7. The predicted molar refractivity (Wildman–Crippen MR) is 78.9 cm³/mol. The number of carbonyl (C=O) groups excluding carboxylic acids is 3. The smallest absolute Gasteiger partial charge is 0.466 e. The Kier molecular flexibility index (Phi) is 8.00. The number of rotatable bonds is 8. The first-order chi connectivity index (χ1) is 11.3. The van der Waals surface area contributed by atoms with Crippen LogP contribution in [0.3, 0.4) is 0 Å². The molecule has 0 bridgehead atoms. The van der Waals surface area contributed by atoms with Gasteiger partial charge in [0, 0.05) is 19.5 Å². The summed E-state index contributed by atoms with van der Waals surface area (Å²) in [6, 6.07) is -1.10. The minimum Gasteiger partial charge on any atom is -0.466 e. The van der Waals surface area contributed by atoms with Gasteiger partial charge in [-0.05, 0) is 25.7 Å². The minimum atomic E-state index is -4.98. The topological polar surface area (TPSA) is 75.7 Å². The van der Waals surface area contributed by atoms with Crippen LogP contribution in [0.15, 0.2) is 0 Å². The molecule has 9 heteroatoms. The lowest BCUT2D eigenvalue weighted by Gasteiger charge is -2.24. The van der Waals surface area contributed by atoms with Gasteiger partial charge in [0.05, 0.1) is 6.61 Å². The van der Waals surface area contributed by atoms with Gasteiger partial charge in [-0.15, -0.1) is 0 Å². The molecule has 0 spiro atoms. The maximum absolute atomic E-state index is 12.5. The van der Waals surface area contributed by atoms with E-state index in [1.807, 2.05) is 6.92 Å². The molecule has 1 unspecified atom stereocenters. The van der Waals surface area contributed by atoms with E-state index >= 15 is 0 Å². The fourth-order valence-electron chi connectivity index (χ4n) is 2.41. The Hall–Kier alpha value is -1.80. The number of halogens is 3. The summed E-state index contributed by atoms with van der Waals surface area (Å²) in [6.07, 6.45) is -2.27. The molecule has 2 amide bonds. The molecular formula is C15H23F3N2O4. The van der Waals surface area contributed by atoms with Crippen molar-refractivity contribution in [3.05, 3.63) is 0 Å². The van der Waals surface area contributed by atoms with Crippen molar-refractivity contribution < 1.29 is 32.3 Å². The van der Waals surface area contributed by atoms with Gasteiger partial charge in [-0.25, -0.2) is 0 Å². The van der Waals surface area contributed by atoms with E-state index in [9.17, 15) is 27.6 Å². The summed E-state index contributed by atoms with van der Waals surface area (Å²) in [7, 11) is 0. The minimum absolute atomic E-state index is 0.0832. The molecule has 1 atom stereocenters. The Labute approximate surface area is 138 Å². The van der Waals surface area contributed by atoms with Crippen LogP contribution in [-0.4, -0.2) is 54.6 Å². The van der Waals surface area contributed by atoms with Crippen LogP contribution < -0.4 is 5.32 Å². The lowest BCUT2D eigenvalue weighted by Crippen LogP contribution is -2.50. The molecule has 0 aromatic carbocycles. The predicted octanol–water partition coefficient (Wildman–Crippen LogP) is 1.78. The SMILES string of the molecule is CCCCOC(=O)CCCNC(=O)C1CCCN1C(=O)C(F)(F)F. The molecule has 1 rings (SSSR count). The van der Waals surface area contributed by atoms with Crippen LogP contribution >= 0.6 is 0 Å². The van der Waals surface area contributed by atoms with Crippen LogP contribution in [-0.2, 0) is 19.1 Å². The standard InChI is InChI=1S/C15H23F3N2O4/c1-2-3-10-24-12(21)7-4-8-19-13(22)11-6-5-9-20(11)14(23)15(16,17)18/h11H,2-10H2,1H3,(H,19,22). The first kappa shape index (κ1) is 20.2. The summed E-state index contributed by atoms with van der Waals surface area (Å²) in [5.41, 5.74) is 0. The lowest BCUT2D eigenvalue weighted by molar-refractivity contribution is -0.186. The third-order valence-electron chi connectivity index (χ3n) is 3.68. The molecular weight excluding hydrogens is 329 g/mol. The Morgan fingerprint density at radius 2 is 1.96 bits per heavy atom. The number of carbonyl (C=O) groups is 3. The van der Waals surface area contributed by atoms with E-state index in [2.05, 4.69) is 5.32 Å². The number of likely N-dealkylation sites (tertiary alicyclic amines) is 1. The van der Waals surface area contributed by atoms with Gasteiger partial charge in [0.25, 0.3) is 0 Å². The van der Waals surface area contributed by atoms with Crippen molar-refractivity contribution in [3.63, 3.8) is 0 Å². The van der Waals surface area contributed by atoms with Crippen molar-refractivity contribution in [2.75, 3.05) is 19.7 Å². The van der Waals surface area contributed by atoms with E-state index < -0.39 is 24.0 Å².